The fraction of sp³-hybridized carbons (Fsp3) is 0.522. The Bertz CT molecular complexity index is 864. The van der Waals surface area contributed by atoms with E-state index in [4.69, 9.17) is 4.74 Å². The van der Waals surface area contributed by atoms with Gasteiger partial charge in [-0.05, 0) is 35.2 Å². The minimum atomic E-state index is -0.0584. The third-order valence-corrected chi connectivity index (χ3v) is 5.86. The van der Waals surface area contributed by atoms with E-state index in [9.17, 15) is 4.79 Å². The van der Waals surface area contributed by atoms with Gasteiger partial charge in [0.05, 0.1) is 13.2 Å². The first-order valence-electron chi connectivity index (χ1n) is 11.0. The molecule has 0 saturated carbocycles. The lowest BCUT2D eigenvalue weighted by Gasteiger charge is -2.35. The molecule has 2 saturated heterocycles. The number of morpholine rings is 1. The van der Waals surface area contributed by atoms with Gasteiger partial charge in [0.15, 0.2) is 11.6 Å². The van der Waals surface area contributed by atoms with Gasteiger partial charge in [0.25, 0.3) is 0 Å². The highest BCUT2D eigenvalue weighted by atomic mass is 16.5. The Morgan fingerprint density at radius 1 is 0.839 bits per heavy atom. The van der Waals surface area contributed by atoms with Gasteiger partial charge in [-0.15, -0.1) is 10.2 Å². The minimum absolute atomic E-state index is 0.0584. The van der Waals surface area contributed by atoms with E-state index >= 15 is 0 Å². The average molecular weight is 425 g/mol. The molecule has 3 heterocycles. The van der Waals surface area contributed by atoms with Crippen molar-refractivity contribution in [3.05, 3.63) is 42.0 Å². The summed E-state index contributed by atoms with van der Waals surface area (Å²) in [6, 6.07) is 12.1. The van der Waals surface area contributed by atoms with Crippen LogP contribution in [0.3, 0.4) is 0 Å². The van der Waals surface area contributed by atoms with Crippen molar-refractivity contribution in [3.8, 4) is 0 Å². The first kappa shape index (κ1) is 21.4. The molecule has 0 radical (unpaired) electrons. The SMILES string of the molecule is CC(C)(C)c1ccc(NC(=O)N2CCN(c3ccc(N4CCOCC4)nn3)CC2)cc1. The zero-order valence-electron chi connectivity index (χ0n) is 18.7. The Balaban J connectivity index is 1.28. The van der Waals surface area contributed by atoms with Crippen LogP contribution in [0.1, 0.15) is 26.3 Å². The molecule has 2 amide bonds. The van der Waals surface area contributed by atoms with Gasteiger partial charge in [-0.1, -0.05) is 32.9 Å². The van der Waals surface area contributed by atoms with E-state index in [1.807, 2.05) is 29.2 Å². The Labute approximate surface area is 184 Å². The van der Waals surface area contributed by atoms with Crippen molar-refractivity contribution in [2.45, 2.75) is 26.2 Å². The largest absolute Gasteiger partial charge is 0.378 e. The van der Waals surface area contributed by atoms with E-state index in [1.54, 1.807) is 0 Å². The van der Waals surface area contributed by atoms with Crippen LogP contribution < -0.4 is 15.1 Å². The standard InChI is InChI=1S/C23H32N6O2/c1-23(2,3)18-4-6-19(7-5-18)24-22(30)29-12-10-27(11-13-29)20-8-9-21(26-25-20)28-14-16-31-17-15-28/h4-9H,10-17H2,1-3H3,(H,24,30). The molecule has 2 aliphatic heterocycles. The van der Waals surface area contributed by atoms with E-state index in [2.05, 4.69) is 58.2 Å². The highest BCUT2D eigenvalue weighted by Crippen LogP contribution is 2.24. The second kappa shape index (κ2) is 9.09. The lowest BCUT2D eigenvalue weighted by Crippen LogP contribution is -2.50. The number of carbonyl (C=O) groups is 1. The highest BCUT2D eigenvalue weighted by Gasteiger charge is 2.23. The number of hydrogen-bond donors (Lipinski definition) is 1. The number of ether oxygens (including phenoxy) is 1. The Hall–Kier alpha value is -2.87. The van der Waals surface area contributed by atoms with Crippen LogP contribution in [0.15, 0.2) is 36.4 Å². The number of rotatable bonds is 3. The first-order valence-corrected chi connectivity index (χ1v) is 11.0. The van der Waals surface area contributed by atoms with Crippen LogP contribution in [0.25, 0.3) is 0 Å². The summed E-state index contributed by atoms with van der Waals surface area (Å²) >= 11 is 0. The Morgan fingerprint density at radius 2 is 1.39 bits per heavy atom. The lowest BCUT2D eigenvalue weighted by atomic mass is 9.87. The van der Waals surface area contributed by atoms with E-state index in [-0.39, 0.29) is 11.4 Å². The topological polar surface area (TPSA) is 73.8 Å². The van der Waals surface area contributed by atoms with Gasteiger partial charge in [-0.3, -0.25) is 0 Å². The molecular weight excluding hydrogens is 392 g/mol. The van der Waals surface area contributed by atoms with Crippen LogP contribution in [0.4, 0.5) is 22.1 Å². The number of nitrogens with zero attached hydrogens (tertiary/aromatic N) is 5. The molecule has 8 nitrogen and oxygen atoms in total. The zero-order chi connectivity index (χ0) is 21.8. The molecule has 0 bridgehead atoms. The molecule has 0 atom stereocenters. The third-order valence-electron chi connectivity index (χ3n) is 5.86. The number of piperazine rings is 1. The van der Waals surface area contributed by atoms with Crippen LogP contribution in [-0.4, -0.2) is 73.6 Å². The summed E-state index contributed by atoms with van der Waals surface area (Å²) in [5, 5.41) is 11.8. The van der Waals surface area contributed by atoms with Crippen molar-refractivity contribution in [1.29, 1.82) is 0 Å². The van der Waals surface area contributed by atoms with Gasteiger partial charge in [0, 0.05) is 45.0 Å². The van der Waals surface area contributed by atoms with Crippen molar-refractivity contribution in [3.63, 3.8) is 0 Å². The Morgan fingerprint density at radius 3 is 1.90 bits per heavy atom. The maximum Gasteiger partial charge on any atom is 0.321 e. The van der Waals surface area contributed by atoms with Crippen LogP contribution in [0.5, 0.6) is 0 Å². The second-order valence-electron chi connectivity index (χ2n) is 9.08. The maximum atomic E-state index is 12.7. The van der Waals surface area contributed by atoms with E-state index in [0.717, 1.165) is 56.7 Å². The smallest absolute Gasteiger partial charge is 0.321 e. The van der Waals surface area contributed by atoms with Crippen LogP contribution >= 0.6 is 0 Å². The van der Waals surface area contributed by atoms with Crippen molar-refractivity contribution >= 4 is 23.4 Å². The molecule has 2 aromatic rings. The first-order chi connectivity index (χ1) is 14.9. The average Bonchev–Trinajstić information content (AvgIpc) is 2.80. The number of benzene rings is 1. The summed E-state index contributed by atoms with van der Waals surface area (Å²) in [5.74, 6) is 1.75. The Kier molecular flexibility index (Phi) is 6.27. The fourth-order valence-corrected chi connectivity index (χ4v) is 3.84. The van der Waals surface area contributed by atoms with E-state index in [0.29, 0.717) is 13.1 Å². The van der Waals surface area contributed by atoms with Crippen LogP contribution in [-0.2, 0) is 10.2 Å². The molecular formula is C23H32N6O2. The van der Waals surface area contributed by atoms with Gasteiger partial charge in [0.2, 0.25) is 0 Å². The molecule has 0 spiro atoms. The summed E-state index contributed by atoms with van der Waals surface area (Å²) in [4.78, 5) is 18.9. The van der Waals surface area contributed by atoms with Crippen molar-refractivity contribution in [2.24, 2.45) is 0 Å². The molecule has 166 valence electrons. The normalized spacial score (nSPS) is 17.6. The summed E-state index contributed by atoms with van der Waals surface area (Å²) < 4.78 is 5.39. The molecule has 0 aliphatic carbocycles. The van der Waals surface area contributed by atoms with Crippen LogP contribution in [0, 0.1) is 0 Å². The molecule has 4 rings (SSSR count). The predicted octanol–water partition coefficient (Wildman–Crippen LogP) is 2.96. The van der Waals surface area contributed by atoms with Gasteiger partial charge in [-0.2, -0.15) is 0 Å². The molecule has 1 N–H and O–H groups in total. The summed E-state index contributed by atoms with van der Waals surface area (Å²) in [7, 11) is 0. The monoisotopic (exact) mass is 424 g/mol. The molecule has 2 aliphatic rings. The summed E-state index contributed by atoms with van der Waals surface area (Å²) in [6.45, 7) is 12.5. The van der Waals surface area contributed by atoms with E-state index in [1.165, 1.54) is 5.56 Å². The molecule has 2 fully saturated rings. The molecule has 1 aromatic carbocycles. The molecule has 0 unspecified atom stereocenters. The van der Waals surface area contributed by atoms with Gasteiger partial charge in [0.1, 0.15) is 0 Å². The minimum Gasteiger partial charge on any atom is -0.378 e. The number of aromatic nitrogens is 2. The number of carbonyl (C=O) groups excluding carboxylic acids is 1. The zero-order valence-corrected chi connectivity index (χ0v) is 18.7. The van der Waals surface area contributed by atoms with Crippen molar-refractivity contribution < 1.29 is 9.53 Å². The number of hydrogen-bond acceptors (Lipinski definition) is 6. The quantitative estimate of drug-likeness (QED) is 0.817. The van der Waals surface area contributed by atoms with Gasteiger partial charge >= 0.3 is 6.03 Å². The van der Waals surface area contributed by atoms with Crippen LogP contribution in [0.2, 0.25) is 0 Å². The lowest BCUT2D eigenvalue weighted by molar-refractivity contribution is 0.122. The summed E-state index contributed by atoms with van der Waals surface area (Å²) in [5.41, 5.74) is 2.17. The highest BCUT2D eigenvalue weighted by molar-refractivity contribution is 5.89. The van der Waals surface area contributed by atoms with E-state index < -0.39 is 0 Å². The number of anilines is 3. The van der Waals surface area contributed by atoms with Gasteiger partial charge < -0.3 is 24.8 Å². The predicted molar refractivity (Wildman–Crippen MR) is 123 cm³/mol. The van der Waals surface area contributed by atoms with Crippen molar-refractivity contribution in [1.82, 2.24) is 15.1 Å². The van der Waals surface area contributed by atoms with Gasteiger partial charge in [-0.25, -0.2) is 4.79 Å². The number of amides is 2. The molecule has 1 aromatic heterocycles. The number of urea groups is 1. The second-order valence-corrected chi connectivity index (χ2v) is 9.08. The third kappa shape index (κ3) is 5.25. The molecule has 8 heteroatoms. The molecule has 31 heavy (non-hydrogen) atoms. The fourth-order valence-electron chi connectivity index (χ4n) is 3.84. The number of nitrogens with one attached hydrogen (secondary N) is 1. The van der Waals surface area contributed by atoms with Crippen molar-refractivity contribution in [2.75, 3.05) is 67.6 Å². The maximum absolute atomic E-state index is 12.7. The summed E-state index contributed by atoms with van der Waals surface area (Å²) in [6.07, 6.45) is 0.